The van der Waals surface area contributed by atoms with E-state index in [0.717, 1.165) is 41.1 Å². The van der Waals surface area contributed by atoms with Crippen molar-refractivity contribution in [2.45, 2.75) is 77.7 Å². The lowest BCUT2D eigenvalue weighted by Crippen LogP contribution is -2.56. The summed E-state index contributed by atoms with van der Waals surface area (Å²) in [5.41, 5.74) is 4.96. The Kier molecular flexibility index (Phi) is 6.68. The van der Waals surface area contributed by atoms with Crippen LogP contribution in [0.25, 0.3) is 11.4 Å². The summed E-state index contributed by atoms with van der Waals surface area (Å²) in [6.45, 7) is 15.9. The van der Waals surface area contributed by atoms with Crippen molar-refractivity contribution >= 4 is 13.6 Å². The van der Waals surface area contributed by atoms with Crippen LogP contribution in [0.2, 0.25) is 16.6 Å². The Morgan fingerprint density at radius 2 is 1.85 bits per heavy atom. The quantitative estimate of drug-likeness (QED) is 0.525. The zero-order valence-corrected chi connectivity index (χ0v) is 21.6. The Balaban J connectivity index is 1.54. The van der Waals surface area contributed by atoms with Crippen LogP contribution in [0, 0.1) is 0 Å². The topological polar surface area (TPSA) is 87.9 Å². The molecule has 8 heteroatoms. The Hall–Kier alpha value is -2.58. The van der Waals surface area contributed by atoms with Crippen molar-refractivity contribution in [3.8, 4) is 11.4 Å². The zero-order chi connectivity index (χ0) is 23.8. The molecule has 0 bridgehead atoms. The van der Waals surface area contributed by atoms with Gasteiger partial charge in [-0.15, -0.1) is 0 Å². The van der Waals surface area contributed by atoms with Gasteiger partial charge in [-0.2, -0.15) is 0 Å². The van der Waals surface area contributed by atoms with Gasteiger partial charge in [0.2, 0.25) is 0 Å². The fourth-order valence-corrected chi connectivity index (χ4v) is 11.9. The first-order valence-electron chi connectivity index (χ1n) is 11.9. The molecule has 4 rings (SSSR count). The SMILES string of the molecule is CC(C)[Si](c1ncc(CN2CCc3nc(-c4cccnc4)[nH]c(=O)c3C2)o1)(C(C)C)C(C)C. The van der Waals surface area contributed by atoms with Crippen molar-refractivity contribution < 1.29 is 4.42 Å². The molecule has 33 heavy (non-hydrogen) atoms. The first-order chi connectivity index (χ1) is 15.7. The molecule has 0 unspecified atom stereocenters. The van der Waals surface area contributed by atoms with Gasteiger partial charge in [0, 0.05) is 37.5 Å². The van der Waals surface area contributed by atoms with Gasteiger partial charge in [-0.1, -0.05) is 41.5 Å². The summed E-state index contributed by atoms with van der Waals surface area (Å²) in [6, 6.07) is 3.75. The van der Waals surface area contributed by atoms with E-state index in [4.69, 9.17) is 14.4 Å². The molecule has 0 saturated heterocycles. The average Bonchev–Trinajstić information content (AvgIpc) is 3.22. The fraction of sp³-hybridized carbons (Fsp3) is 0.520. The van der Waals surface area contributed by atoms with Crippen LogP contribution in [0.3, 0.4) is 0 Å². The summed E-state index contributed by atoms with van der Waals surface area (Å²) in [5, 5.41) is 0. The number of aromatic nitrogens is 4. The number of oxazole rings is 1. The second kappa shape index (κ2) is 9.35. The maximum Gasteiger partial charge on any atom is 0.255 e. The second-order valence-corrected chi connectivity index (χ2v) is 15.8. The van der Waals surface area contributed by atoms with E-state index in [0.29, 0.717) is 35.5 Å². The van der Waals surface area contributed by atoms with Crippen LogP contribution in [0.5, 0.6) is 0 Å². The van der Waals surface area contributed by atoms with Gasteiger partial charge in [0.05, 0.1) is 24.0 Å². The molecule has 0 atom stereocenters. The number of H-pyrrole nitrogens is 1. The molecule has 1 aliphatic heterocycles. The maximum atomic E-state index is 12.8. The highest BCUT2D eigenvalue weighted by Crippen LogP contribution is 2.40. The van der Waals surface area contributed by atoms with Crippen molar-refractivity contribution in [3.63, 3.8) is 0 Å². The van der Waals surface area contributed by atoms with E-state index < -0.39 is 8.07 Å². The summed E-state index contributed by atoms with van der Waals surface area (Å²) in [7, 11) is -1.92. The molecule has 176 valence electrons. The maximum absolute atomic E-state index is 12.8. The third-order valence-electron chi connectivity index (χ3n) is 7.25. The average molecular weight is 466 g/mol. The van der Waals surface area contributed by atoms with Gasteiger partial charge in [0.25, 0.3) is 5.56 Å². The van der Waals surface area contributed by atoms with Crippen LogP contribution >= 0.6 is 0 Å². The molecule has 1 aliphatic rings. The van der Waals surface area contributed by atoms with Crippen molar-refractivity contribution in [2.75, 3.05) is 6.54 Å². The zero-order valence-electron chi connectivity index (χ0n) is 20.6. The van der Waals surface area contributed by atoms with E-state index in [1.807, 2.05) is 18.3 Å². The fourth-order valence-electron chi connectivity index (χ4n) is 5.80. The van der Waals surface area contributed by atoms with Crippen molar-refractivity contribution in [2.24, 2.45) is 0 Å². The van der Waals surface area contributed by atoms with Gasteiger partial charge < -0.3 is 9.40 Å². The van der Waals surface area contributed by atoms with Crippen LogP contribution in [-0.2, 0) is 19.5 Å². The highest BCUT2D eigenvalue weighted by molar-refractivity contribution is 6.93. The minimum Gasteiger partial charge on any atom is -0.449 e. The largest absolute Gasteiger partial charge is 0.449 e. The molecule has 0 spiro atoms. The molecule has 3 aromatic heterocycles. The van der Waals surface area contributed by atoms with Crippen LogP contribution in [-0.4, -0.2) is 39.5 Å². The molecule has 0 aliphatic carbocycles. The van der Waals surface area contributed by atoms with E-state index in [2.05, 4.69) is 56.4 Å². The van der Waals surface area contributed by atoms with Gasteiger partial charge in [-0.05, 0) is 28.8 Å². The van der Waals surface area contributed by atoms with Crippen molar-refractivity contribution in [1.82, 2.24) is 24.8 Å². The number of aromatic amines is 1. The van der Waals surface area contributed by atoms with Crippen LogP contribution in [0.15, 0.2) is 39.9 Å². The number of pyridine rings is 1. The Bertz CT molecular complexity index is 1130. The number of hydrogen-bond acceptors (Lipinski definition) is 6. The second-order valence-electron chi connectivity index (χ2n) is 10.1. The molecular formula is C25H35N5O2Si. The van der Waals surface area contributed by atoms with Crippen LogP contribution in [0.4, 0.5) is 0 Å². The molecule has 0 saturated carbocycles. The number of fused-ring (bicyclic) bond motifs is 1. The molecule has 1 N–H and O–H groups in total. The smallest absolute Gasteiger partial charge is 0.255 e. The van der Waals surface area contributed by atoms with Crippen molar-refractivity contribution in [1.29, 1.82) is 0 Å². The van der Waals surface area contributed by atoms with Gasteiger partial charge >= 0.3 is 0 Å². The summed E-state index contributed by atoms with van der Waals surface area (Å²) in [6.07, 6.45) is 6.06. The first-order valence-corrected chi connectivity index (χ1v) is 14.2. The predicted molar refractivity (Wildman–Crippen MR) is 133 cm³/mol. The minimum atomic E-state index is -1.92. The summed E-state index contributed by atoms with van der Waals surface area (Å²) >= 11 is 0. The lowest BCUT2D eigenvalue weighted by molar-refractivity contribution is 0.224. The lowest BCUT2D eigenvalue weighted by Gasteiger charge is -2.39. The van der Waals surface area contributed by atoms with E-state index >= 15 is 0 Å². The summed E-state index contributed by atoms with van der Waals surface area (Å²) < 4.78 is 6.43. The Morgan fingerprint density at radius 1 is 1.12 bits per heavy atom. The van der Waals surface area contributed by atoms with Gasteiger partial charge in [-0.3, -0.25) is 14.7 Å². The molecule has 3 aromatic rings. The molecule has 0 radical (unpaired) electrons. The molecule has 0 fully saturated rings. The highest BCUT2D eigenvalue weighted by Gasteiger charge is 2.49. The standard InChI is InChI=1S/C25H35N5O2Si/c1-16(2)33(17(3)4,18(5)6)25-27-13-20(32-25)14-30-11-9-22-21(15-30)24(31)29-23(28-22)19-8-7-10-26-12-19/h7-8,10,12-13,16-18H,9,11,14-15H2,1-6H3,(H,28,29,31). The molecule has 7 nitrogen and oxygen atoms in total. The van der Waals surface area contributed by atoms with Crippen LogP contribution in [0.1, 0.15) is 58.6 Å². The molecule has 4 heterocycles. The first kappa shape index (κ1) is 23.6. The van der Waals surface area contributed by atoms with E-state index in [9.17, 15) is 4.79 Å². The Labute approximate surface area is 196 Å². The molecular weight excluding hydrogens is 430 g/mol. The predicted octanol–water partition coefficient (Wildman–Crippen LogP) is 4.26. The van der Waals surface area contributed by atoms with E-state index in [-0.39, 0.29) is 5.56 Å². The third-order valence-corrected chi connectivity index (χ3v) is 14.0. The molecule has 0 aromatic carbocycles. The normalized spacial score (nSPS) is 14.9. The summed E-state index contributed by atoms with van der Waals surface area (Å²) in [4.78, 5) is 31.7. The lowest BCUT2D eigenvalue weighted by atomic mass is 10.1. The van der Waals surface area contributed by atoms with Gasteiger partial charge in [0.1, 0.15) is 11.6 Å². The molecule has 0 amide bonds. The number of hydrogen-bond donors (Lipinski definition) is 1. The minimum absolute atomic E-state index is 0.0762. The van der Waals surface area contributed by atoms with E-state index in [1.54, 1.807) is 12.4 Å². The van der Waals surface area contributed by atoms with Gasteiger partial charge in [-0.25, -0.2) is 9.97 Å². The number of nitrogens with zero attached hydrogens (tertiary/aromatic N) is 4. The number of nitrogens with one attached hydrogen (secondary N) is 1. The van der Waals surface area contributed by atoms with Gasteiger partial charge in [0.15, 0.2) is 13.6 Å². The van der Waals surface area contributed by atoms with E-state index in [1.165, 1.54) is 0 Å². The summed E-state index contributed by atoms with van der Waals surface area (Å²) in [5.74, 6) is 1.46. The third kappa shape index (κ3) is 4.34. The number of rotatable bonds is 7. The van der Waals surface area contributed by atoms with Crippen molar-refractivity contribution in [3.05, 3.63) is 58.1 Å². The highest BCUT2D eigenvalue weighted by atomic mass is 28.3. The van der Waals surface area contributed by atoms with Crippen LogP contribution < -0.4 is 11.1 Å². The monoisotopic (exact) mass is 465 g/mol. The Morgan fingerprint density at radius 3 is 2.48 bits per heavy atom.